The third-order valence-corrected chi connectivity index (χ3v) is 7.77. The molecule has 0 radical (unpaired) electrons. The maximum Gasteiger partial charge on any atom is 0.311 e. The highest BCUT2D eigenvalue weighted by molar-refractivity contribution is 6.46. The van der Waals surface area contributed by atoms with E-state index in [1.165, 1.54) is 14.2 Å². The quantitative estimate of drug-likeness (QED) is 0.0507. The zero-order chi connectivity index (χ0) is 33.9. The fourth-order valence-electron chi connectivity index (χ4n) is 5.54. The molecule has 0 saturated heterocycles. The summed E-state index contributed by atoms with van der Waals surface area (Å²) < 4.78 is 39.1. The summed E-state index contributed by atoms with van der Waals surface area (Å²) in [5.41, 5.74) is 3.33. The van der Waals surface area contributed by atoms with E-state index >= 15 is 0 Å². The summed E-state index contributed by atoms with van der Waals surface area (Å²) in [6.45, 7) is 4.26. The average molecular weight is 661 g/mol. The maximum atomic E-state index is 13.2. The number of carbonyl (C=O) groups excluding carboxylic acids is 3. The van der Waals surface area contributed by atoms with E-state index in [-0.39, 0.29) is 38.1 Å². The molecule has 4 aromatic rings. The SMILES string of the molecule is COc1cc2c(c(OC)c1OCCOCCOCCOCCNC(=O)C(=O)c1c(-c3ccccc3)[nH]c3ccccc13)C(C)CC(=O)O2. The molecule has 3 aromatic carbocycles. The van der Waals surface area contributed by atoms with Crippen LogP contribution in [0.2, 0.25) is 0 Å². The molecule has 2 heterocycles. The first-order valence-corrected chi connectivity index (χ1v) is 15.8. The molecule has 0 saturated carbocycles. The molecule has 12 nitrogen and oxygen atoms in total. The van der Waals surface area contributed by atoms with Crippen molar-refractivity contribution < 1.29 is 47.5 Å². The van der Waals surface area contributed by atoms with Gasteiger partial charge in [0.1, 0.15) is 12.4 Å². The second-order valence-corrected chi connectivity index (χ2v) is 11.0. The van der Waals surface area contributed by atoms with Gasteiger partial charge in [0.2, 0.25) is 5.75 Å². The van der Waals surface area contributed by atoms with Gasteiger partial charge in [0.15, 0.2) is 11.5 Å². The Bertz CT molecular complexity index is 1720. The van der Waals surface area contributed by atoms with E-state index in [4.69, 9.17) is 33.2 Å². The summed E-state index contributed by atoms with van der Waals surface area (Å²) in [5.74, 6) is 0.0250. The first-order chi connectivity index (χ1) is 23.4. The fraction of sp³-hybridized carbons (Fsp3) is 0.361. The molecule has 1 aliphatic rings. The van der Waals surface area contributed by atoms with E-state index < -0.39 is 11.7 Å². The van der Waals surface area contributed by atoms with Crippen LogP contribution >= 0.6 is 0 Å². The molecule has 12 heteroatoms. The lowest BCUT2D eigenvalue weighted by Gasteiger charge is -2.26. The van der Waals surface area contributed by atoms with Gasteiger partial charge in [-0.1, -0.05) is 55.5 Å². The van der Waals surface area contributed by atoms with Crippen molar-refractivity contribution >= 4 is 28.6 Å². The Morgan fingerprint density at radius 1 is 0.854 bits per heavy atom. The van der Waals surface area contributed by atoms with Gasteiger partial charge in [-0.05, 0) is 17.5 Å². The molecule has 1 atom stereocenters. The third-order valence-electron chi connectivity index (χ3n) is 7.77. The summed E-state index contributed by atoms with van der Waals surface area (Å²) in [6.07, 6.45) is 0.254. The number of ether oxygens (including phenoxy) is 7. The Morgan fingerprint density at radius 3 is 2.23 bits per heavy atom. The first kappa shape index (κ1) is 34.4. The van der Waals surface area contributed by atoms with E-state index in [9.17, 15) is 14.4 Å². The van der Waals surface area contributed by atoms with Gasteiger partial charge >= 0.3 is 5.97 Å². The molecule has 0 spiro atoms. The van der Waals surface area contributed by atoms with Crippen LogP contribution in [0.5, 0.6) is 23.0 Å². The van der Waals surface area contributed by atoms with Crippen LogP contribution in [0.25, 0.3) is 22.2 Å². The summed E-state index contributed by atoms with van der Waals surface area (Å²) in [7, 11) is 3.04. The van der Waals surface area contributed by atoms with Crippen LogP contribution in [0.1, 0.15) is 35.2 Å². The van der Waals surface area contributed by atoms with Crippen LogP contribution in [-0.4, -0.2) is 89.7 Å². The van der Waals surface area contributed by atoms with Crippen LogP contribution in [0.4, 0.5) is 0 Å². The standard InChI is InChI=1S/C36H40N2O10/c1-23-21-29(39)48-27-22-28(42-2)34(35(43-3)30(23)27)47-20-19-46-18-17-45-16-15-44-14-13-37-36(41)33(40)31-25-11-7-8-12-26(25)38-32(31)24-9-5-4-6-10-24/h4-12,22-23,38H,13-21H2,1-3H3,(H,37,41). The highest BCUT2D eigenvalue weighted by atomic mass is 16.6. The van der Waals surface area contributed by atoms with Crippen molar-refractivity contribution in [2.45, 2.75) is 19.3 Å². The van der Waals surface area contributed by atoms with Crippen molar-refractivity contribution in [2.24, 2.45) is 0 Å². The Morgan fingerprint density at radius 2 is 1.52 bits per heavy atom. The molecular weight excluding hydrogens is 620 g/mol. The maximum absolute atomic E-state index is 13.2. The Labute approximate surface area is 278 Å². The molecule has 0 bridgehead atoms. The van der Waals surface area contributed by atoms with Crippen LogP contribution in [-0.2, 0) is 23.8 Å². The van der Waals surface area contributed by atoms with Gasteiger partial charge in [0.25, 0.3) is 11.7 Å². The largest absolute Gasteiger partial charge is 0.493 e. The number of benzene rings is 3. The summed E-state index contributed by atoms with van der Waals surface area (Å²) in [4.78, 5) is 41.1. The number of nitrogens with one attached hydrogen (secondary N) is 2. The second-order valence-electron chi connectivity index (χ2n) is 11.0. The van der Waals surface area contributed by atoms with Crippen molar-refractivity contribution in [2.75, 3.05) is 67.0 Å². The number of aromatic amines is 1. The number of carbonyl (C=O) groups is 3. The second kappa shape index (κ2) is 16.8. The minimum Gasteiger partial charge on any atom is -0.493 e. The first-order valence-electron chi connectivity index (χ1n) is 15.8. The fourth-order valence-corrected chi connectivity index (χ4v) is 5.54. The van der Waals surface area contributed by atoms with Crippen molar-refractivity contribution in [3.05, 3.63) is 71.8 Å². The highest BCUT2D eigenvalue weighted by Crippen LogP contribution is 2.50. The number of esters is 1. The topological polar surface area (TPSA) is 144 Å². The van der Waals surface area contributed by atoms with Crippen LogP contribution in [0.3, 0.4) is 0 Å². The predicted molar refractivity (Wildman–Crippen MR) is 177 cm³/mol. The zero-order valence-corrected chi connectivity index (χ0v) is 27.3. The number of ketones is 1. The van der Waals surface area contributed by atoms with E-state index in [0.717, 1.165) is 16.6 Å². The Kier molecular flexibility index (Phi) is 12.0. The molecule has 2 N–H and O–H groups in total. The lowest BCUT2D eigenvalue weighted by Crippen LogP contribution is -2.34. The Balaban J connectivity index is 0.962. The van der Waals surface area contributed by atoms with Crippen LogP contribution in [0.15, 0.2) is 60.7 Å². The lowest BCUT2D eigenvalue weighted by molar-refractivity contribution is -0.135. The van der Waals surface area contributed by atoms with Gasteiger partial charge in [-0.15, -0.1) is 0 Å². The molecular formula is C36H40N2O10. The molecule has 48 heavy (non-hydrogen) atoms. The lowest BCUT2D eigenvalue weighted by atomic mass is 9.93. The van der Waals surface area contributed by atoms with Gasteiger partial charge in [0.05, 0.1) is 71.5 Å². The number of methoxy groups -OCH3 is 2. The number of hydrogen-bond acceptors (Lipinski definition) is 10. The van der Waals surface area contributed by atoms with Gasteiger partial charge in [0, 0.05) is 29.1 Å². The van der Waals surface area contributed by atoms with Gasteiger partial charge in [-0.2, -0.15) is 0 Å². The number of rotatable bonds is 18. The van der Waals surface area contributed by atoms with Crippen molar-refractivity contribution in [3.8, 4) is 34.3 Å². The Hall–Kier alpha value is -4.91. The number of hydrogen-bond donors (Lipinski definition) is 2. The molecule has 254 valence electrons. The van der Waals surface area contributed by atoms with Crippen LogP contribution in [0, 0.1) is 0 Å². The molecule has 1 amide bonds. The number of aromatic nitrogens is 1. The van der Waals surface area contributed by atoms with Crippen molar-refractivity contribution in [1.29, 1.82) is 0 Å². The number of amides is 1. The van der Waals surface area contributed by atoms with E-state index in [1.807, 2.05) is 61.5 Å². The number of fused-ring (bicyclic) bond motifs is 2. The van der Waals surface area contributed by atoms with Gasteiger partial charge in [-0.3, -0.25) is 14.4 Å². The van der Waals surface area contributed by atoms with Crippen molar-refractivity contribution in [1.82, 2.24) is 10.3 Å². The van der Waals surface area contributed by atoms with E-state index in [0.29, 0.717) is 72.7 Å². The third kappa shape index (κ3) is 8.14. The van der Waals surface area contributed by atoms with E-state index in [1.54, 1.807) is 6.07 Å². The molecule has 1 unspecified atom stereocenters. The number of para-hydroxylation sites is 1. The van der Waals surface area contributed by atoms with Crippen LogP contribution < -0.4 is 24.3 Å². The van der Waals surface area contributed by atoms with E-state index in [2.05, 4.69) is 10.3 Å². The summed E-state index contributed by atoms with van der Waals surface area (Å²) >= 11 is 0. The number of Topliss-reactive ketones (excluding diaryl/α,β-unsaturated/α-hetero) is 1. The minimum atomic E-state index is -0.693. The average Bonchev–Trinajstić information content (AvgIpc) is 3.49. The highest BCUT2D eigenvalue weighted by Gasteiger charge is 2.32. The van der Waals surface area contributed by atoms with Gasteiger partial charge < -0.3 is 43.5 Å². The molecule has 1 aromatic heterocycles. The molecule has 1 aliphatic heterocycles. The van der Waals surface area contributed by atoms with Gasteiger partial charge in [-0.25, -0.2) is 0 Å². The zero-order valence-electron chi connectivity index (χ0n) is 27.3. The predicted octanol–water partition coefficient (Wildman–Crippen LogP) is 4.69. The molecule has 0 aliphatic carbocycles. The molecule has 5 rings (SSSR count). The monoisotopic (exact) mass is 660 g/mol. The minimum absolute atomic E-state index is 0.0885. The summed E-state index contributed by atoms with van der Waals surface area (Å²) in [5, 5.41) is 3.35. The van der Waals surface area contributed by atoms with Crippen molar-refractivity contribution in [3.63, 3.8) is 0 Å². The summed E-state index contributed by atoms with van der Waals surface area (Å²) in [6, 6.07) is 18.5. The number of H-pyrrole nitrogens is 1. The smallest absolute Gasteiger partial charge is 0.311 e. The molecule has 0 fully saturated rings. The normalized spacial score (nSPS) is 13.9.